The van der Waals surface area contributed by atoms with Crippen LogP contribution in [0.2, 0.25) is 0 Å². The average Bonchev–Trinajstić information content (AvgIpc) is 3.10. The van der Waals surface area contributed by atoms with Crippen LogP contribution in [0.1, 0.15) is 50.2 Å². The molecule has 1 aliphatic carbocycles. The van der Waals surface area contributed by atoms with Gasteiger partial charge < -0.3 is 8.98 Å². The highest BCUT2D eigenvalue weighted by Crippen LogP contribution is 2.28. The second-order valence-electron chi connectivity index (χ2n) is 5.88. The Morgan fingerprint density at radius 2 is 2.25 bits per heavy atom. The van der Waals surface area contributed by atoms with Gasteiger partial charge >= 0.3 is 0 Å². The van der Waals surface area contributed by atoms with Crippen LogP contribution < -0.4 is 5.32 Å². The Bertz CT molecular complexity index is 532. The summed E-state index contributed by atoms with van der Waals surface area (Å²) in [5.74, 6) is 2.66. The van der Waals surface area contributed by atoms with Crippen molar-refractivity contribution < 1.29 is 4.42 Å². The number of hydrogen-bond acceptors (Lipinski definition) is 3. The van der Waals surface area contributed by atoms with Crippen molar-refractivity contribution in [1.82, 2.24) is 14.9 Å². The Morgan fingerprint density at radius 1 is 1.40 bits per heavy atom. The van der Waals surface area contributed by atoms with Crippen molar-refractivity contribution >= 4 is 0 Å². The summed E-state index contributed by atoms with van der Waals surface area (Å²) in [5, 5.41) is 3.77. The van der Waals surface area contributed by atoms with E-state index in [4.69, 9.17) is 4.42 Å². The van der Waals surface area contributed by atoms with Crippen LogP contribution in [0.3, 0.4) is 0 Å². The first-order valence-electron chi connectivity index (χ1n) is 7.52. The molecule has 0 saturated heterocycles. The summed E-state index contributed by atoms with van der Waals surface area (Å²) in [5.41, 5.74) is 0. The van der Waals surface area contributed by atoms with E-state index in [1.165, 1.54) is 25.7 Å². The molecule has 1 fully saturated rings. The van der Waals surface area contributed by atoms with Gasteiger partial charge in [0.15, 0.2) is 0 Å². The maximum atomic E-state index is 5.64. The van der Waals surface area contributed by atoms with Gasteiger partial charge in [0, 0.05) is 25.5 Å². The molecular weight excluding hydrogens is 250 g/mol. The number of rotatable bonds is 4. The molecule has 0 spiro atoms. The summed E-state index contributed by atoms with van der Waals surface area (Å²) in [6.07, 6.45) is 10.8. The van der Waals surface area contributed by atoms with Gasteiger partial charge in [0.2, 0.25) is 0 Å². The van der Waals surface area contributed by atoms with Crippen LogP contribution in [0, 0.1) is 5.92 Å². The van der Waals surface area contributed by atoms with Crippen LogP contribution in [0.5, 0.6) is 0 Å². The SMILES string of the molecule is CC1CCCCC1NC(c1ccco1)c1nccn1C. The zero-order chi connectivity index (χ0) is 13.9. The molecule has 2 aromatic rings. The van der Waals surface area contributed by atoms with Crippen LogP contribution in [0.15, 0.2) is 35.2 Å². The lowest BCUT2D eigenvalue weighted by atomic mass is 9.85. The molecule has 3 unspecified atom stereocenters. The fourth-order valence-corrected chi connectivity index (χ4v) is 3.17. The normalized spacial score (nSPS) is 24.7. The van der Waals surface area contributed by atoms with E-state index in [-0.39, 0.29) is 6.04 Å². The first kappa shape index (κ1) is 13.4. The molecule has 2 heterocycles. The summed E-state index contributed by atoms with van der Waals surface area (Å²) in [6, 6.07) is 4.54. The van der Waals surface area contributed by atoms with Gasteiger partial charge in [-0.1, -0.05) is 19.8 Å². The Morgan fingerprint density at radius 3 is 2.90 bits per heavy atom. The highest BCUT2D eigenvalue weighted by Gasteiger charge is 2.28. The minimum Gasteiger partial charge on any atom is -0.467 e. The largest absolute Gasteiger partial charge is 0.467 e. The van der Waals surface area contributed by atoms with Crippen molar-refractivity contribution in [2.24, 2.45) is 13.0 Å². The first-order valence-corrected chi connectivity index (χ1v) is 7.52. The molecule has 1 saturated carbocycles. The lowest BCUT2D eigenvalue weighted by Crippen LogP contribution is -2.40. The maximum absolute atomic E-state index is 5.64. The highest BCUT2D eigenvalue weighted by atomic mass is 16.3. The molecule has 0 radical (unpaired) electrons. The van der Waals surface area contributed by atoms with Crippen molar-refractivity contribution in [2.75, 3.05) is 0 Å². The topological polar surface area (TPSA) is 43.0 Å². The van der Waals surface area contributed by atoms with Crippen LogP contribution in [-0.2, 0) is 7.05 Å². The summed E-state index contributed by atoms with van der Waals surface area (Å²) >= 11 is 0. The molecule has 108 valence electrons. The number of aryl methyl sites for hydroxylation is 1. The molecule has 4 nitrogen and oxygen atoms in total. The summed E-state index contributed by atoms with van der Waals surface area (Å²) < 4.78 is 7.70. The lowest BCUT2D eigenvalue weighted by Gasteiger charge is -2.32. The van der Waals surface area contributed by atoms with Crippen LogP contribution in [0.25, 0.3) is 0 Å². The monoisotopic (exact) mass is 273 g/mol. The van der Waals surface area contributed by atoms with E-state index in [9.17, 15) is 0 Å². The highest BCUT2D eigenvalue weighted by molar-refractivity contribution is 5.16. The molecule has 4 heteroatoms. The quantitative estimate of drug-likeness (QED) is 0.929. The Hall–Kier alpha value is -1.55. The molecule has 3 atom stereocenters. The van der Waals surface area contributed by atoms with E-state index in [2.05, 4.69) is 21.8 Å². The Kier molecular flexibility index (Phi) is 3.92. The van der Waals surface area contributed by atoms with Crippen molar-refractivity contribution in [3.05, 3.63) is 42.4 Å². The third-order valence-electron chi connectivity index (χ3n) is 4.44. The van der Waals surface area contributed by atoms with Gasteiger partial charge in [0.05, 0.1) is 6.26 Å². The van der Waals surface area contributed by atoms with E-state index >= 15 is 0 Å². The van der Waals surface area contributed by atoms with Gasteiger partial charge in [-0.2, -0.15) is 0 Å². The first-order chi connectivity index (χ1) is 9.75. The molecule has 0 aliphatic heterocycles. The fourth-order valence-electron chi connectivity index (χ4n) is 3.17. The summed E-state index contributed by atoms with van der Waals surface area (Å²) in [7, 11) is 2.03. The number of nitrogens with zero attached hydrogens (tertiary/aromatic N) is 2. The van der Waals surface area contributed by atoms with Gasteiger partial charge in [-0.05, 0) is 30.9 Å². The molecular formula is C16H23N3O. The zero-order valence-electron chi connectivity index (χ0n) is 12.2. The minimum absolute atomic E-state index is 0.0375. The predicted molar refractivity (Wildman–Crippen MR) is 78.3 cm³/mol. The van der Waals surface area contributed by atoms with E-state index < -0.39 is 0 Å². The van der Waals surface area contributed by atoms with Gasteiger partial charge in [-0.15, -0.1) is 0 Å². The van der Waals surface area contributed by atoms with Crippen molar-refractivity contribution in [2.45, 2.75) is 44.7 Å². The molecule has 1 N–H and O–H groups in total. The third-order valence-corrected chi connectivity index (χ3v) is 4.44. The summed E-state index contributed by atoms with van der Waals surface area (Å²) in [6.45, 7) is 2.34. The van der Waals surface area contributed by atoms with E-state index in [1.807, 2.05) is 31.6 Å². The standard InChI is InChI=1S/C16H23N3O/c1-12-6-3-4-7-13(12)18-15(14-8-5-11-20-14)16-17-9-10-19(16)2/h5,8-13,15,18H,3-4,6-7H2,1-2H3. The Balaban J connectivity index is 1.85. The van der Waals surface area contributed by atoms with Crippen LogP contribution in [-0.4, -0.2) is 15.6 Å². The second-order valence-corrected chi connectivity index (χ2v) is 5.88. The maximum Gasteiger partial charge on any atom is 0.133 e. The van der Waals surface area contributed by atoms with Crippen LogP contribution in [0.4, 0.5) is 0 Å². The molecule has 0 aromatic carbocycles. The fraction of sp³-hybridized carbons (Fsp3) is 0.562. The van der Waals surface area contributed by atoms with Crippen molar-refractivity contribution in [3.8, 4) is 0 Å². The molecule has 3 rings (SSSR count). The zero-order valence-corrected chi connectivity index (χ0v) is 12.2. The van der Waals surface area contributed by atoms with E-state index in [1.54, 1.807) is 6.26 Å². The third kappa shape index (κ3) is 2.66. The number of furan rings is 1. The van der Waals surface area contributed by atoms with Gasteiger partial charge in [-0.3, -0.25) is 5.32 Å². The number of imidazole rings is 1. The van der Waals surface area contributed by atoms with Gasteiger partial charge in [0.25, 0.3) is 0 Å². The number of aromatic nitrogens is 2. The van der Waals surface area contributed by atoms with Gasteiger partial charge in [-0.25, -0.2) is 4.98 Å². The van der Waals surface area contributed by atoms with Gasteiger partial charge in [0.1, 0.15) is 17.6 Å². The predicted octanol–water partition coefficient (Wildman–Crippen LogP) is 3.27. The van der Waals surface area contributed by atoms with E-state index in [0.29, 0.717) is 12.0 Å². The van der Waals surface area contributed by atoms with Crippen molar-refractivity contribution in [3.63, 3.8) is 0 Å². The van der Waals surface area contributed by atoms with Crippen molar-refractivity contribution in [1.29, 1.82) is 0 Å². The molecule has 0 bridgehead atoms. The Labute approximate surface area is 120 Å². The number of nitrogens with one attached hydrogen (secondary N) is 1. The lowest BCUT2D eigenvalue weighted by molar-refractivity contribution is 0.254. The molecule has 0 amide bonds. The van der Waals surface area contributed by atoms with E-state index in [0.717, 1.165) is 11.6 Å². The molecule has 2 aromatic heterocycles. The minimum atomic E-state index is 0.0375. The second kappa shape index (κ2) is 5.83. The molecule has 20 heavy (non-hydrogen) atoms. The average molecular weight is 273 g/mol. The summed E-state index contributed by atoms with van der Waals surface area (Å²) in [4.78, 5) is 4.50. The molecule has 1 aliphatic rings. The van der Waals surface area contributed by atoms with Crippen LogP contribution >= 0.6 is 0 Å². The smallest absolute Gasteiger partial charge is 0.133 e. The number of hydrogen-bond donors (Lipinski definition) is 1.